The van der Waals surface area contributed by atoms with E-state index in [4.69, 9.17) is 0 Å². The normalized spacial score (nSPS) is 10.3. The summed E-state index contributed by atoms with van der Waals surface area (Å²) in [5.41, 5.74) is 1.90. The van der Waals surface area contributed by atoms with E-state index in [1.165, 1.54) is 6.08 Å². The highest BCUT2D eigenvalue weighted by atomic mass is 16.1. The molecule has 0 aliphatic rings. The highest BCUT2D eigenvalue weighted by Crippen LogP contribution is 2.17. The highest BCUT2D eigenvalue weighted by Gasteiger charge is 2.07. The summed E-state index contributed by atoms with van der Waals surface area (Å²) in [6, 6.07) is 10.5. The van der Waals surface area contributed by atoms with E-state index in [0.29, 0.717) is 11.3 Å². The maximum Gasteiger partial charge on any atom is 0.255 e. The van der Waals surface area contributed by atoms with Crippen molar-refractivity contribution in [2.45, 2.75) is 0 Å². The number of aromatic nitrogens is 1. The van der Waals surface area contributed by atoms with Gasteiger partial charge in [-0.1, -0.05) is 18.2 Å². The molecule has 19 heavy (non-hydrogen) atoms. The van der Waals surface area contributed by atoms with Crippen LogP contribution in [0.2, 0.25) is 0 Å². The zero-order valence-electron chi connectivity index (χ0n) is 10.0. The first-order chi connectivity index (χ1) is 9.31. The summed E-state index contributed by atoms with van der Waals surface area (Å²) in [6.07, 6.45) is 7.65. The van der Waals surface area contributed by atoms with Crippen molar-refractivity contribution in [2.75, 3.05) is 5.32 Å². The van der Waals surface area contributed by atoms with Crippen LogP contribution in [0.25, 0.3) is 6.08 Å². The smallest absolute Gasteiger partial charge is 0.255 e. The third-order valence-corrected chi connectivity index (χ3v) is 2.48. The van der Waals surface area contributed by atoms with E-state index in [9.17, 15) is 9.59 Å². The van der Waals surface area contributed by atoms with Gasteiger partial charge in [-0.25, -0.2) is 0 Å². The van der Waals surface area contributed by atoms with Gasteiger partial charge < -0.3 is 5.32 Å². The van der Waals surface area contributed by atoms with E-state index in [1.54, 1.807) is 49.0 Å². The number of amides is 1. The summed E-state index contributed by atoms with van der Waals surface area (Å²) in [5.74, 6) is -0.224. The molecule has 4 nitrogen and oxygen atoms in total. The number of hydrogen-bond acceptors (Lipinski definition) is 3. The Morgan fingerprint density at radius 1 is 1.16 bits per heavy atom. The lowest BCUT2D eigenvalue weighted by atomic mass is 10.1. The van der Waals surface area contributed by atoms with E-state index < -0.39 is 0 Å². The third-order valence-electron chi connectivity index (χ3n) is 2.48. The molecule has 1 radical (unpaired) electrons. The van der Waals surface area contributed by atoms with Crippen molar-refractivity contribution in [3.8, 4) is 0 Å². The number of rotatable bonds is 4. The third kappa shape index (κ3) is 3.35. The van der Waals surface area contributed by atoms with Crippen molar-refractivity contribution in [2.24, 2.45) is 0 Å². The van der Waals surface area contributed by atoms with Crippen LogP contribution in [0.1, 0.15) is 15.9 Å². The molecule has 0 fully saturated rings. The molecular formula is C15H11N2O2. The van der Waals surface area contributed by atoms with Gasteiger partial charge in [0.1, 0.15) is 0 Å². The monoisotopic (exact) mass is 251 g/mol. The van der Waals surface area contributed by atoms with Crippen LogP contribution in [0.5, 0.6) is 0 Å². The van der Waals surface area contributed by atoms with Gasteiger partial charge in [0.25, 0.3) is 5.91 Å². The number of hydrogen-bond donors (Lipinski definition) is 1. The molecule has 0 spiro atoms. The first-order valence-corrected chi connectivity index (χ1v) is 5.66. The molecule has 1 N–H and O–H groups in total. The molecule has 2 rings (SSSR count). The predicted octanol–water partition coefficient (Wildman–Crippen LogP) is 2.46. The lowest BCUT2D eigenvalue weighted by Gasteiger charge is -2.08. The Bertz CT molecular complexity index is 607. The number of nitrogens with one attached hydrogen (secondary N) is 1. The Morgan fingerprint density at radius 2 is 1.89 bits per heavy atom. The summed E-state index contributed by atoms with van der Waals surface area (Å²) < 4.78 is 0. The van der Waals surface area contributed by atoms with Crippen molar-refractivity contribution in [1.29, 1.82) is 0 Å². The quantitative estimate of drug-likeness (QED) is 0.849. The van der Waals surface area contributed by atoms with Crippen molar-refractivity contribution in [3.05, 3.63) is 66.0 Å². The number of pyridine rings is 1. The molecule has 0 unspecified atom stereocenters. The van der Waals surface area contributed by atoms with Crippen molar-refractivity contribution < 1.29 is 9.59 Å². The standard InChI is InChI=1S/C15H11N2O2/c18-11-3-5-12-4-1-2-6-14(12)17-15(19)13-7-9-16-10-8-13/h1-10H,(H,17,19)/b5-3+. The lowest BCUT2D eigenvalue weighted by molar-refractivity contribution is 0.102. The second-order valence-corrected chi connectivity index (χ2v) is 3.73. The molecule has 1 heterocycles. The number of allylic oxidation sites excluding steroid dienone is 1. The zero-order chi connectivity index (χ0) is 13.5. The van der Waals surface area contributed by atoms with E-state index in [1.807, 2.05) is 12.1 Å². The number of carbonyl (C=O) groups excluding carboxylic acids is 2. The Hall–Kier alpha value is -2.75. The summed E-state index contributed by atoms with van der Waals surface area (Å²) >= 11 is 0. The molecular weight excluding hydrogens is 240 g/mol. The average molecular weight is 251 g/mol. The lowest BCUT2D eigenvalue weighted by Crippen LogP contribution is -2.12. The maximum absolute atomic E-state index is 12.0. The van der Waals surface area contributed by atoms with Gasteiger partial charge in [0.05, 0.1) is 0 Å². The summed E-state index contributed by atoms with van der Waals surface area (Å²) in [6.45, 7) is 0. The zero-order valence-corrected chi connectivity index (χ0v) is 10.0. The Morgan fingerprint density at radius 3 is 2.63 bits per heavy atom. The second kappa shape index (κ2) is 6.26. The second-order valence-electron chi connectivity index (χ2n) is 3.73. The van der Waals surface area contributed by atoms with Gasteiger partial charge >= 0.3 is 0 Å². The molecule has 4 heteroatoms. The molecule has 93 valence electrons. The first-order valence-electron chi connectivity index (χ1n) is 5.66. The fourth-order valence-electron chi connectivity index (χ4n) is 1.58. The first kappa shape index (κ1) is 12.7. The fourth-order valence-corrected chi connectivity index (χ4v) is 1.58. The minimum Gasteiger partial charge on any atom is -0.321 e. The molecule has 0 aliphatic heterocycles. The molecule has 0 saturated carbocycles. The van der Waals surface area contributed by atoms with E-state index in [0.717, 1.165) is 5.56 Å². The molecule has 0 bridgehead atoms. The molecule has 1 aromatic heterocycles. The number of carbonyl (C=O) groups is 1. The molecule has 0 saturated heterocycles. The fraction of sp³-hybridized carbons (Fsp3) is 0. The molecule has 0 atom stereocenters. The van der Waals surface area contributed by atoms with E-state index in [-0.39, 0.29) is 5.91 Å². The van der Waals surface area contributed by atoms with Crippen LogP contribution in [0.15, 0.2) is 54.9 Å². The molecule has 1 amide bonds. The van der Waals surface area contributed by atoms with Crippen molar-refractivity contribution in [1.82, 2.24) is 4.98 Å². The van der Waals surface area contributed by atoms with Crippen LogP contribution >= 0.6 is 0 Å². The average Bonchev–Trinajstić information content (AvgIpc) is 2.47. The van der Waals surface area contributed by atoms with Gasteiger partial charge in [-0.3, -0.25) is 14.6 Å². The minimum atomic E-state index is -0.224. The van der Waals surface area contributed by atoms with Crippen LogP contribution in [-0.4, -0.2) is 17.2 Å². The number of benzene rings is 1. The Kier molecular flexibility index (Phi) is 4.18. The largest absolute Gasteiger partial charge is 0.321 e. The summed E-state index contributed by atoms with van der Waals surface area (Å²) in [5, 5.41) is 2.79. The topological polar surface area (TPSA) is 59.1 Å². The van der Waals surface area contributed by atoms with Gasteiger partial charge in [0.15, 0.2) is 0 Å². The van der Waals surface area contributed by atoms with Gasteiger partial charge in [0.2, 0.25) is 6.29 Å². The van der Waals surface area contributed by atoms with Crippen LogP contribution in [-0.2, 0) is 4.79 Å². The number of para-hydroxylation sites is 1. The van der Waals surface area contributed by atoms with Crippen LogP contribution < -0.4 is 5.32 Å². The van der Waals surface area contributed by atoms with Gasteiger partial charge in [-0.15, -0.1) is 0 Å². The Labute approximate surface area is 110 Å². The highest BCUT2D eigenvalue weighted by molar-refractivity contribution is 6.05. The van der Waals surface area contributed by atoms with Crippen LogP contribution in [0.4, 0.5) is 5.69 Å². The van der Waals surface area contributed by atoms with Crippen molar-refractivity contribution >= 4 is 24.0 Å². The van der Waals surface area contributed by atoms with Crippen molar-refractivity contribution in [3.63, 3.8) is 0 Å². The maximum atomic E-state index is 12.0. The molecule has 1 aromatic carbocycles. The van der Waals surface area contributed by atoms with Crippen LogP contribution in [0, 0.1) is 0 Å². The van der Waals surface area contributed by atoms with Gasteiger partial charge in [0, 0.05) is 23.6 Å². The summed E-state index contributed by atoms with van der Waals surface area (Å²) in [4.78, 5) is 26.1. The Balaban J connectivity index is 2.22. The van der Waals surface area contributed by atoms with Gasteiger partial charge in [-0.05, 0) is 35.9 Å². The SMILES string of the molecule is O=[C]/C=C/c1ccccc1NC(=O)c1ccncc1. The summed E-state index contributed by atoms with van der Waals surface area (Å²) in [7, 11) is 0. The number of nitrogens with zero attached hydrogens (tertiary/aromatic N) is 1. The van der Waals surface area contributed by atoms with E-state index >= 15 is 0 Å². The number of anilines is 1. The van der Waals surface area contributed by atoms with Gasteiger partial charge in [-0.2, -0.15) is 0 Å². The predicted molar refractivity (Wildman–Crippen MR) is 73.4 cm³/mol. The molecule has 0 aliphatic carbocycles. The van der Waals surface area contributed by atoms with E-state index in [2.05, 4.69) is 10.3 Å². The molecule has 2 aromatic rings. The van der Waals surface area contributed by atoms with Crippen LogP contribution in [0.3, 0.4) is 0 Å². The minimum absolute atomic E-state index is 0.224.